The van der Waals surface area contributed by atoms with Crippen LogP contribution in [0.2, 0.25) is 0 Å². The zero-order valence-corrected chi connectivity index (χ0v) is 8.56. The Labute approximate surface area is 87.4 Å². The second-order valence-electron chi connectivity index (χ2n) is 3.29. The molecule has 1 aliphatic heterocycles. The SMILES string of the molecule is CCOC(=O)c1ncoc1C1CCCO1. The molecule has 0 radical (unpaired) electrons. The smallest absolute Gasteiger partial charge is 0.360 e. The van der Waals surface area contributed by atoms with E-state index >= 15 is 0 Å². The first-order valence-corrected chi connectivity index (χ1v) is 5.05. The van der Waals surface area contributed by atoms with Gasteiger partial charge in [0.1, 0.15) is 6.10 Å². The molecule has 1 unspecified atom stereocenters. The summed E-state index contributed by atoms with van der Waals surface area (Å²) in [6.45, 7) is 2.79. The standard InChI is InChI=1S/C10H13NO4/c1-2-13-10(12)8-9(15-6-11-8)7-4-3-5-14-7/h6-7H,2-5H2,1H3. The molecule has 1 aromatic rings. The third-order valence-electron chi connectivity index (χ3n) is 2.29. The zero-order chi connectivity index (χ0) is 10.7. The van der Waals surface area contributed by atoms with Gasteiger partial charge in [0, 0.05) is 6.61 Å². The highest BCUT2D eigenvalue weighted by Gasteiger charge is 2.28. The number of carbonyl (C=O) groups excluding carboxylic acids is 1. The minimum absolute atomic E-state index is 0.146. The van der Waals surface area contributed by atoms with Gasteiger partial charge in [0.2, 0.25) is 0 Å². The number of esters is 1. The fourth-order valence-corrected chi connectivity index (χ4v) is 1.62. The fourth-order valence-electron chi connectivity index (χ4n) is 1.62. The van der Waals surface area contributed by atoms with Crippen molar-refractivity contribution in [2.75, 3.05) is 13.2 Å². The molecule has 1 fully saturated rings. The Kier molecular flexibility index (Phi) is 3.01. The quantitative estimate of drug-likeness (QED) is 0.712. The Hall–Kier alpha value is -1.36. The zero-order valence-electron chi connectivity index (χ0n) is 8.56. The third-order valence-corrected chi connectivity index (χ3v) is 2.29. The maximum atomic E-state index is 11.5. The van der Waals surface area contributed by atoms with E-state index in [1.54, 1.807) is 6.92 Å². The van der Waals surface area contributed by atoms with E-state index in [-0.39, 0.29) is 11.8 Å². The van der Waals surface area contributed by atoms with Gasteiger partial charge >= 0.3 is 5.97 Å². The van der Waals surface area contributed by atoms with Crippen LogP contribution in [0.25, 0.3) is 0 Å². The Morgan fingerprint density at radius 1 is 1.73 bits per heavy atom. The highest BCUT2D eigenvalue weighted by atomic mass is 16.5. The molecule has 2 rings (SSSR count). The molecule has 0 aliphatic carbocycles. The van der Waals surface area contributed by atoms with Gasteiger partial charge in [0.05, 0.1) is 6.61 Å². The van der Waals surface area contributed by atoms with E-state index in [0.29, 0.717) is 19.0 Å². The normalized spacial score (nSPS) is 20.5. The van der Waals surface area contributed by atoms with Crippen molar-refractivity contribution in [3.63, 3.8) is 0 Å². The van der Waals surface area contributed by atoms with Gasteiger partial charge in [-0.3, -0.25) is 0 Å². The van der Waals surface area contributed by atoms with Crippen LogP contribution in [0.15, 0.2) is 10.8 Å². The molecular formula is C10H13NO4. The molecular weight excluding hydrogens is 198 g/mol. The molecule has 1 aromatic heterocycles. The summed E-state index contributed by atoms with van der Waals surface area (Å²) in [5.41, 5.74) is 0.240. The number of nitrogens with zero attached hydrogens (tertiary/aromatic N) is 1. The molecule has 1 atom stereocenters. The summed E-state index contributed by atoms with van der Waals surface area (Å²) in [4.78, 5) is 15.3. The van der Waals surface area contributed by atoms with Gasteiger partial charge in [0.15, 0.2) is 17.8 Å². The third kappa shape index (κ3) is 2.02. The highest BCUT2D eigenvalue weighted by Crippen LogP contribution is 2.30. The van der Waals surface area contributed by atoms with Crippen LogP contribution in [-0.2, 0) is 9.47 Å². The first kappa shape index (κ1) is 10.2. The molecule has 5 heteroatoms. The van der Waals surface area contributed by atoms with Crippen molar-refractivity contribution in [2.24, 2.45) is 0 Å². The van der Waals surface area contributed by atoms with Gasteiger partial charge in [-0.25, -0.2) is 9.78 Å². The molecule has 15 heavy (non-hydrogen) atoms. The van der Waals surface area contributed by atoms with Crippen molar-refractivity contribution in [2.45, 2.75) is 25.9 Å². The van der Waals surface area contributed by atoms with E-state index in [1.165, 1.54) is 6.39 Å². The fraction of sp³-hybridized carbons (Fsp3) is 0.600. The summed E-state index contributed by atoms with van der Waals surface area (Å²) in [6.07, 6.45) is 2.95. The molecule has 1 aliphatic rings. The van der Waals surface area contributed by atoms with E-state index in [4.69, 9.17) is 13.9 Å². The van der Waals surface area contributed by atoms with Crippen LogP contribution >= 0.6 is 0 Å². The Balaban J connectivity index is 2.17. The molecule has 1 saturated heterocycles. The van der Waals surface area contributed by atoms with Crippen molar-refractivity contribution in [3.8, 4) is 0 Å². The Bertz CT molecular complexity index is 341. The van der Waals surface area contributed by atoms with E-state index < -0.39 is 5.97 Å². The number of aromatic nitrogens is 1. The summed E-state index contributed by atoms with van der Waals surface area (Å²) in [5, 5.41) is 0. The maximum absolute atomic E-state index is 11.5. The maximum Gasteiger partial charge on any atom is 0.360 e. The molecule has 0 amide bonds. The number of oxazole rings is 1. The number of carbonyl (C=O) groups is 1. The molecule has 0 N–H and O–H groups in total. The van der Waals surface area contributed by atoms with Crippen molar-refractivity contribution >= 4 is 5.97 Å². The second kappa shape index (κ2) is 4.44. The highest BCUT2D eigenvalue weighted by molar-refractivity contribution is 5.88. The molecule has 0 aromatic carbocycles. The molecule has 82 valence electrons. The van der Waals surface area contributed by atoms with Crippen molar-refractivity contribution in [1.29, 1.82) is 0 Å². The predicted molar refractivity (Wildman–Crippen MR) is 50.4 cm³/mol. The molecule has 0 bridgehead atoms. The lowest BCUT2D eigenvalue weighted by Gasteiger charge is -2.06. The second-order valence-corrected chi connectivity index (χ2v) is 3.29. The lowest BCUT2D eigenvalue weighted by atomic mass is 10.1. The van der Waals surface area contributed by atoms with Crippen molar-refractivity contribution < 1.29 is 18.7 Å². The van der Waals surface area contributed by atoms with Gasteiger partial charge in [0.25, 0.3) is 0 Å². The van der Waals surface area contributed by atoms with Crippen LogP contribution in [0.1, 0.15) is 42.1 Å². The number of hydrogen-bond acceptors (Lipinski definition) is 5. The van der Waals surface area contributed by atoms with Gasteiger partial charge in [-0.15, -0.1) is 0 Å². The minimum atomic E-state index is -0.447. The van der Waals surface area contributed by atoms with Crippen LogP contribution in [0.4, 0.5) is 0 Å². The van der Waals surface area contributed by atoms with E-state index in [9.17, 15) is 4.79 Å². The van der Waals surface area contributed by atoms with Crippen LogP contribution in [0.3, 0.4) is 0 Å². The van der Waals surface area contributed by atoms with E-state index in [2.05, 4.69) is 4.98 Å². The lowest BCUT2D eigenvalue weighted by molar-refractivity contribution is 0.0498. The number of hydrogen-bond donors (Lipinski definition) is 0. The van der Waals surface area contributed by atoms with Crippen molar-refractivity contribution in [3.05, 3.63) is 17.8 Å². The van der Waals surface area contributed by atoms with Crippen LogP contribution in [0.5, 0.6) is 0 Å². The van der Waals surface area contributed by atoms with Gasteiger partial charge < -0.3 is 13.9 Å². The van der Waals surface area contributed by atoms with Crippen LogP contribution in [-0.4, -0.2) is 24.2 Å². The number of ether oxygens (including phenoxy) is 2. The average Bonchev–Trinajstić information content (AvgIpc) is 2.88. The Morgan fingerprint density at radius 3 is 3.27 bits per heavy atom. The van der Waals surface area contributed by atoms with Crippen molar-refractivity contribution in [1.82, 2.24) is 4.98 Å². The van der Waals surface area contributed by atoms with Gasteiger partial charge in [-0.1, -0.05) is 0 Å². The van der Waals surface area contributed by atoms with E-state index in [1.807, 2.05) is 0 Å². The van der Waals surface area contributed by atoms with Gasteiger partial charge in [-0.2, -0.15) is 0 Å². The number of rotatable bonds is 3. The summed E-state index contributed by atoms with van der Waals surface area (Å²) < 4.78 is 15.5. The molecule has 5 nitrogen and oxygen atoms in total. The predicted octanol–water partition coefficient (Wildman–Crippen LogP) is 1.70. The summed E-state index contributed by atoms with van der Waals surface area (Å²) >= 11 is 0. The summed E-state index contributed by atoms with van der Waals surface area (Å²) in [5.74, 6) is 0.0442. The van der Waals surface area contributed by atoms with Gasteiger partial charge in [-0.05, 0) is 19.8 Å². The lowest BCUT2D eigenvalue weighted by Crippen LogP contribution is -2.09. The largest absolute Gasteiger partial charge is 0.461 e. The first-order valence-electron chi connectivity index (χ1n) is 5.05. The van der Waals surface area contributed by atoms with Crippen LogP contribution in [0, 0.1) is 0 Å². The minimum Gasteiger partial charge on any atom is -0.461 e. The molecule has 0 spiro atoms. The monoisotopic (exact) mass is 211 g/mol. The summed E-state index contributed by atoms with van der Waals surface area (Å²) in [6, 6.07) is 0. The van der Waals surface area contributed by atoms with E-state index in [0.717, 1.165) is 12.8 Å². The molecule has 0 saturated carbocycles. The molecule has 2 heterocycles. The average molecular weight is 211 g/mol. The van der Waals surface area contributed by atoms with Crippen LogP contribution < -0.4 is 0 Å². The summed E-state index contributed by atoms with van der Waals surface area (Å²) in [7, 11) is 0. The Morgan fingerprint density at radius 2 is 2.60 bits per heavy atom. The topological polar surface area (TPSA) is 61.6 Å². The first-order chi connectivity index (χ1) is 7.33.